The molecule has 3 aromatic carbocycles. The number of aromatic hydroxyl groups is 6. The van der Waals surface area contributed by atoms with Crippen LogP contribution in [0.3, 0.4) is 0 Å². The Morgan fingerprint density at radius 1 is 0.825 bits per heavy atom. The smallest absolute Gasteiger partial charge is 0.243 e. The van der Waals surface area contributed by atoms with Crippen LogP contribution in [-0.4, -0.2) is 49.7 Å². The summed E-state index contributed by atoms with van der Waals surface area (Å²) >= 11 is 0. The van der Waals surface area contributed by atoms with Gasteiger partial charge < -0.3 is 45.1 Å². The Hall–Kier alpha value is -5.32. The fourth-order valence-corrected chi connectivity index (χ4v) is 3.92. The summed E-state index contributed by atoms with van der Waals surface area (Å²) in [6.07, 6.45) is 4.59. The van der Waals surface area contributed by atoms with E-state index < -0.39 is 16.9 Å². The van der Waals surface area contributed by atoms with E-state index in [9.17, 15) is 40.2 Å². The molecule has 4 aromatic rings. The highest BCUT2D eigenvalue weighted by atomic mass is 16.5. The SMILES string of the molecule is O=C(/C=C/c1ccc(O)c(O)c1)NCCCCCOc1c(-c2ccc(O)c(O)c2)oc2cc(O)cc(O)c2c1=O. The second kappa shape index (κ2) is 12.0. The second-order valence-electron chi connectivity index (χ2n) is 8.91. The van der Waals surface area contributed by atoms with Crippen molar-refractivity contribution in [2.75, 3.05) is 13.2 Å². The van der Waals surface area contributed by atoms with Crippen LogP contribution in [0, 0.1) is 0 Å². The third-order valence-electron chi connectivity index (χ3n) is 5.95. The first-order valence-corrected chi connectivity index (χ1v) is 12.3. The van der Waals surface area contributed by atoms with Crippen molar-refractivity contribution < 1.29 is 44.6 Å². The van der Waals surface area contributed by atoms with Crippen LogP contribution in [0.15, 0.2) is 63.8 Å². The minimum Gasteiger partial charge on any atom is -0.508 e. The number of benzene rings is 3. The maximum atomic E-state index is 13.2. The van der Waals surface area contributed by atoms with Crippen LogP contribution in [0.2, 0.25) is 0 Å². The van der Waals surface area contributed by atoms with Crippen LogP contribution in [0.25, 0.3) is 28.4 Å². The fourth-order valence-electron chi connectivity index (χ4n) is 3.92. The van der Waals surface area contributed by atoms with Crippen LogP contribution >= 0.6 is 0 Å². The van der Waals surface area contributed by atoms with E-state index in [0.717, 1.165) is 6.07 Å². The topological polar surface area (TPSA) is 190 Å². The number of fused-ring (bicyclic) bond motifs is 1. The molecule has 11 nitrogen and oxygen atoms in total. The van der Waals surface area contributed by atoms with Gasteiger partial charge >= 0.3 is 0 Å². The van der Waals surface area contributed by atoms with Crippen molar-refractivity contribution in [3.05, 3.63) is 70.4 Å². The van der Waals surface area contributed by atoms with Gasteiger partial charge in [-0.2, -0.15) is 0 Å². The van der Waals surface area contributed by atoms with Crippen molar-refractivity contribution in [3.8, 4) is 51.6 Å². The number of nitrogens with one attached hydrogen (secondary N) is 1. The lowest BCUT2D eigenvalue weighted by atomic mass is 10.1. The van der Waals surface area contributed by atoms with Gasteiger partial charge in [0.25, 0.3) is 0 Å². The zero-order valence-corrected chi connectivity index (χ0v) is 21.1. The number of rotatable bonds is 10. The van der Waals surface area contributed by atoms with Gasteiger partial charge in [-0.25, -0.2) is 0 Å². The number of unbranched alkanes of at least 4 members (excludes halogenated alkanes) is 2. The molecule has 40 heavy (non-hydrogen) atoms. The molecule has 0 spiro atoms. The molecule has 0 aliphatic heterocycles. The van der Waals surface area contributed by atoms with Crippen molar-refractivity contribution >= 4 is 23.0 Å². The number of carbonyl (C=O) groups is 1. The Morgan fingerprint density at radius 3 is 2.27 bits per heavy atom. The quantitative estimate of drug-likeness (QED) is 0.0862. The monoisotopic (exact) mass is 549 g/mol. The van der Waals surface area contributed by atoms with E-state index in [1.54, 1.807) is 6.07 Å². The normalized spacial score (nSPS) is 11.2. The summed E-state index contributed by atoms with van der Waals surface area (Å²) in [7, 11) is 0. The molecule has 1 heterocycles. The average Bonchev–Trinajstić information content (AvgIpc) is 2.90. The highest BCUT2D eigenvalue weighted by Gasteiger charge is 2.21. The van der Waals surface area contributed by atoms with Gasteiger partial charge in [-0.05, 0) is 61.2 Å². The van der Waals surface area contributed by atoms with Crippen LogP contribution < -0.4 is 15.5 Å². The minimum atomic E-state index is -0.678. The molecule has 0 bridgehead atoms. The number of amides is 1. The number of ether oxygens (including phenoxy) is 1. The standard InChI is InChI=1S/C29H27NO10/c31-18-14-23(36)26-24(15-18)40-28(17-6-8-20(33)22(35)13-17)29(27(26)38)39-11-3-1-2-10-30-25(37)9-5-16-4-7-19(32)21(34)12-16/h4-9,12-15,31-36H,1-3,10-11H2,(H,30,37)/b9-5+. The van der Waals surface area contributed by atoms with Crippen LogP contribution in [-0.2, 0) is 4.79 Å². The van der Waals surface area contributed by atoms with Gasteiger partial charge in [-0.15, -0.1) is 0 Å². The Morgan fingerprint density at radius 2 is 1.55 bits per heavy atom. The Balaban J connectivity index is 1.37. The Bertz CT molecular complexity index is 1640. The average molecular weight is 550 g/mol. The lowest BCUT2D eigenvalue weighted by Crippen LogP contribution is -2.22. The molecule has 0 unspecified atom stereocenters. The van der Waals surface area contributed by atoms with Gasteiger partial charge in [-0.3, -0.25) is 9.59 Å². The molecule has 7 N–H and O–H groups in total. The predicted octanol–water partition coefficient (Wildman–Crippen LogP) is 4.07. The number of phenols is 6. The second-order valence-corrected chi connectivity index (χ2v) is 8.91. The Kier molecular flexibility index (Phi) is 8.33. The molecular weight excluding hydrogens is 522 g/mol. The molecular formula is C29H27NO10. The van der Waals surface area contributed by atoms with Gasteiger partial charge in [0.1, 0.15) is 22.5 Å². The van der Waals surface area contributed by atoms with Gasteiger partial charge in [-0.1, -0.05) is 6.07 Å². The lowest BCUT2D eigenvalue weighted by Gasteiger charge is -2.13. The number of hydrogen-bond acceptors (Lipinski definition) is 10. The highest BCUT2D eigenvalue weighted by molar-refractivity contribution is 5.91. The summed E-state index contributed by atoms with van der Waals surface area (Å²) in [6, 6.07) is 10.2. The number of phenolic OH excluding ortho intramolecular Hbond substituents is 6. The Labute approximate surface area is 227 Å². The minimum absolute atomic E-state index is 0.0567. The maximum absolute atomic E-state index is 13.2. The predicted molar refractivity (Wildman–Crippen MR) is 146 cm³/mol. The molecule has 0 fully saturated rings. The molecule has 0 atom stereocenters. The van der Waals surface area contributed by atoms with Crippen LogP contribution in [0.4, 0.5) is 0 Å². The number of hydrogen-bond donors (Lipinski definition) is 7. The van der Waals surface area contributed by atoms with E-state index in [4.69, 9.17) is 9.15 Å². The molecule has 4 rings (SSSR count). The lowest BCUT2D eigenvalue weighted by molar-refractivity contribution is -0.116. The van der Waals surface area contributed by atoms with E-state index in [0.29, 0.717) is 31.4 Å². The first kappa shape index (κ1) is 27.7. The number of carbonyl (C=O) groups excluding carboxylic acids is 1. The van der Waals surface area contributed by atoms with E-state index in [1.165, 1.54) is 48.6 Å². The van der Waals surface area contributed by atoms with Crippen molar-refractivity contribution in [1.82, 2.24) is 5.32 Å². The summed E-state index contributed by atoms with van der Waals surface area (Å²) in [5.74, 6) is -2.74. The molecule has 1 aromatic heterocycles. The fraction of sp³-hybridized carbons (Fsp3) is 0.172. The molecule has 0 radical (unpaired) electrons. The first-order valence-electron chi connectivity index (χ1n) is 12.3. The van der Waals surface area contributed by atoms with E-state index in [1.807, 2.05) is 0 Å². The van der Waals surface area contributed by atoms with Crippen molar-refractivity contribution in [3.63, 3.8) is 0 Å². The van der Waals surface area contributed by atoms with Gasteiger partial charge in [0.15, 0.2) is 28.8 Å². The summed E-state index contributed by atoms with van der Waals surface area (Å²) in [6.45, 7) is 0.488. The third-order valence-corrected chi connectivity index (χ3v) is 5.95. The van der Waals surface area contributed by atoms with Crippen molar-refractivity contribution in [2.24, 2.45) is 0 Å². The molecule has 0 saturated heterocycles. The summed E-state index contributed by atoms with van der Waals surface area (Å²) in [5.41, 5.74) is 0.00456. The zero-order chi connectivity index (χ0) is 28.8. The van der Waals surface area contributed by atoms with Crippen LogP contribution in [0.1, 0.15) is 24.8 Å². The summed E-state index contributed by atoms with van der Waals surface area (Å²) in [4.78, 5) is 25.2. The van der Waals surface area contributed by atoms with E-state index in [-0.39, 0.29) is 63.6 Å². The van der Waals surface area contributed by atoms with Crippen LogP contribution in [0.5, 0.6) is 40.2 Å². The third kappa shape index (κ3) is 6.38. The van der Waals surface area contributed by atoms with E-state index in [2.05, 4.69) is 5.32 Å². The van der Waals surface area contributed by atoms with Crippen molar-refractivity contribution in [1.29, 1.82) is 0 Å². The van der Waals surface area contributed by atoms with Gasteiger partial charge in [0.2, 0.25) is 17.1 Å². The highest BCUT2D eigenvalue weighted by Crippen LogP contribution is 2.38. The van der Waals surface area contributed by atoms with Gasteiger partial charge in [0, 0.05) is 30.3 Å². The maximum Gasteiger partial charge on any atom is 0.243 e. The first-order chi connectivity index (χ1) is 19.1. The summed E-state index contributed by atoms with van der Waals surface area (Å²) < 4.78 is 11.5. The molecule has 0 saturated carbocycles. The molecule has 208 valence electrons. The molecule has 1 amide bonds. The zero-order valence-electron chi connectivity index (χ0n) is 21.1. The largest absolute Gasteiger partial charge is 0.508 e. The van der Waals surface area contributed by atoms with Crippen molar-refractivity contribution in [2.45, 2.75) is 19.3 Å². The summed E-state index contributed by atoms with van der Waals surface area (Å²) in [5, 5.41) is 61.0. The van der Waals surface area contributed by atoms with E-state index >= 15 is 0 Å². The molecule has 0 aliphatic carbocycles. The molecule has 11 heteroatoms. The molecule has 0 aliphatic rings. The van der Waals surface area contributed by atoms with Gasteiger partial charge in [0.05, 0.1) is 6.61 Å².